The van der Waals surface area contributed by atoms with Gasteiger partial charge in [0.1, 0.15) is 5.75 Å². The number of aryl methyl sites for hydroxylation is 1. The van der Waals surface area contributed by atoms with E-state index in [1.807, 2.05) is 0 Å². The van der Waals surface area contributed by atoms with Gasteiger partial charge >= 0.3 is 0 Å². The average Bonchev–Trinajstić information content (AvgIpc) is 2.55. The largest absolute Gasteiger partial charge is 0.496 e. The first-order valence-corrected chi connectivity index (χ1v) is 7.76. The van der Waals surface area contributed by atoms with Crippen LogP contribution in [0.2, 0.25) is 0 Å². The van der Waals surface area contributed by atoms with E-state index in [9.17, 15) is 5.26 Å². The second kappa shape index (κ2) is 4.81. The second-order valence-corrected chi connectivity index (χ2v) is 6.55. The zero-order chi connectivity index (χ0) is 14.2. The molecule has 3 saturated carbocycles. The summed E-state index contributed by atoms with van der Waals surface area (Å²) in [6.45, 7) is 2.18. The normalized spacial score (nSPS) is 31.9. The van der Waals surface area contributed by atoms with Gasteiger partial charge in [-0.3, -0.25) is 0 Å². The minimum Gasteiger partial charge on any atom is -0.496 e. The maximum absolute atomic E-state index is 9.40. The molecule has 2 nitrogen and oxygen atoms in total. The van der Waals surface area contributed by atoms with Crippen LogP contribution in [-0.2, 0) is 11.8 Å². The summed E-state index contributed by atoms with van der Waals surface area (Å²) in [6, 6.07) is 9.33. The van der Waals surface area contributed by atoms with Crippen molar-refractivity contribution in [3.05, 3.63) is 29.3 Å². The Morgan fingerprint density at radius 3 is 2.30 bits per heavy atom. The van der Waals surface area contributed by atoms with Gasteiger partial charge in [-0.15, -0.1) is 0 Å². The maximum Gasteiger partial charge on any atom is 0.122 e. The molecular weight excluding hydrogens is 246 g/mol. The van der Waals surface area contributed by atoms with Crippen molar-refractivity contribution in [2.45, 2.75) is 57.3 Å². The maximum atomic E-state index is 9.40. The van der Waals surface area contributed by atoms with Crippen molar-refractivity contribution < 1.29 is 4.74 Å². The van der Waals surface area contributed by atoms with Crippen LogP contribution >= 0.6 is 0 Å². The van der Waals surface area contributed by atoms with Gasteiger partial charge in [0.15, 0.2) is 0 Å². The van der Waals surface area contributed by atoms with Crippen LogP contribution in [0.4, 0.5) is 0 Å². The van der Waals surface area contributed by atoms with E-state index in [1.54, 1.807) is 7.11 Å². The van der Waals surface area contributed by atoms with Gasteiger partial charge in [-0.1, -0.05) is 19.1 Å². The molecule has 4 rings (SSSR count). The Labute approximate surface area is 121 Å². The van der Waals surface area contributed by atoms with E-state index in [4.69, 9.17) is 4.74 Å². The third-order valence-corrected chi connectivity index (χ3v) is 5.76. The molecule has 0 saturated heterocycles. The zero-order valence-corrected chi connectivity index (χ0v) is 12.5. The predicted molar refractivity (Wildman–Crippen MR) is 79.8 cm³/mol. The highest BCUT2D eigenvalue weighted by atomic mass is 16.5. The summed E-state index contributed by atoms with van der Waals surface area (Å²) in [5.41, 5.74) is 3.11. The minimum atomic E-state index is 0.00179. The summed E-state index contributed by atoms with van der Waals surface area (Å²) in [4.78, 5) is 0. The first-order valence-electron chi connectivity index (χ1n) is 7.76. The number of benzene rings is 1. The molecule has 20 heavy (non-hydrogen) atoms. The Bertz CT molecular complexity index is 530. The third-order valence-electron chi connectivity index (χ3n) is 5.76. The van der Waals surface area contributed by atoms with Crippen LogP contribution in [0.1, 0.15) is 56.6 Å². The molecule has 0 spiro atoms. The van der Waals surface area contributed by atoms with Crippen LogP contribution in [0.5, 0.6) is 5.75 Å². The van der Waals surface area contributed by atoms with Crippen molar-refractivity contribution in [1.82, 2.24) is 0 Å². The van der Waals surface area contributed by atoms with E-state index in [0.29, 0.717) is 5.41 Å². The zero-order valence-electron chi connectivity index (χ0n) is 12.5. The molecule has 0 unspecified atom stereocenters. The molecule has 0 atom stereocenters. The van der Waals surface area contributed by atoms with Crippen molar-refractivity contribution in [3.8, 4) is 11.8 Å². The van der Waals surface area contributed by atoms with Gasteiger partial charge < -0.3 is 4.74 Å². The summed E-state index contributed by atoms with van der Waals surface area (Å²) in [5, 5.41) is 9.40. The number of methoxy groups -OCH3 is 1. The number of fused-ring (bicyclic) bond motifs is 3. The lowest BCUT2D eigenvalue weighted by atomic mass is 9.52. The van der Waals surface area contributed by atoms with Gasteiger partial charge in [0.25, 0.3) is 0 Å². The standard InChI is InChI=1S/C18H23NO/c1-3-14-12-15(4-5-16(14)20-2)18-9-6-17(13-19,7-10-18)8-11-18/h4-5,12H,3,6-11H2,1-2H3. The Balaban J connectivity index is 1.93. The summed E-state index contributed by atoms with van der Waals surface area (Å²) < 4.78 is 5.45. The summed E-state index contributed by atoms with van der Waals surface area (Å²) in [7, 11) is 1.74. The van der Waals surface area contributed by atoms with Crippen LogP contribution in [-0.4, -0.2) is 7.11 Å². The van der Waals surface area contributed by atoms with Gasteiger partial charge in [-0.25, -0.2) is 0 Å². The molecule has 3 aliphatic rings. The molecule has 1 aromatic rings. The number of nitrogens with zero attached hydrogens (tertiary/aromatic N) is 1. The molecule has 3 aliphatic carbocycles. The van der Waals surface area contributed by atoms with Crippen molar-refractivity contribution in [1.29, 1.82) is 5.26 Å². The molecule has 0 aromatic heterocycles. The summed E-state index contributed by atoms with van der Waals surface area (Å²) >= 11 is 0. The Hall–Kier alpha value is -1.49. The van der Waals surface area contributed by atoms with Crippen LogP contribution in [0.3, 0.4) is 0 Å². The van der Waals surface area contributed by atoms with E-state index in [1.165, 1.54) is 30.4 Å². The molecule has 0 heterocycles. The van der Waals surface area contributed by atoms with E-state index < -0.39 is 0 Å². The Morgan fingerprint density at radius 1 is 1.15 bits per heavy atom. The lowest BCUT2D eigenvalue weighted by Gasteiger charge is -2.51. The van der Waals surface area contributed by atoms with Crippen molar-refractivity contribution >= 4 is 0 Å². The molecule has 2 bridgehead atoms. The number of rotatable bonds is 3. The molecule has 106 valence electrons. The fourth-order valence-corrected chi connectivity index (χ4v) is 4.17. The van der Waals surface area contributed by atoms with Gasteiger partial charge in [0.05, 0.1) is 18.6 Å². The van der Waals surface area contributed by atoms with E-state index in [2.05, 4.69) is 31.2 Å². The Morgan fingerprint density at radius 2 is 1.80 bits per heavy atom. The SMILES string of the molecule is CCc1cc(C23CCC(C#N)(CC2)CC3)ccc1OC. The number of ether oxygens (including phenoxy) is 1. The number of hydrogen-bond acceptors (Lipinski definition) is 2. The van der Waals surface area contributed by atoms with Crippen LogP contribution in [0.15, 0.2) is 18.2 Å². The minimum absolute atomic E-state index is 0.00179. The average molecular weight is 269 g/mol. The van der Waals surface area contributed by atoms with Crippen LogP contribution in [0, 0.1) is 16.7 Å². The lowest BCUT2D eigenvalue weighted by molar-refractivity contribution is 0.0848. The summed E-state index contributed by atoms with van der Waals surface area (Å²) in [5.74, 6) is 1.01. The molecule has 0 N–H and O–H groups in total. The van der Waals surface area contributed by atoms with Crippen molar-refractivity contribution in [2.75, 3.05) is 7.11 Å². The highest BCUT2D eigenvalue weighted by Gasteiger charge is 2.49. The van der Waals surface area contributed by atoms with Gasteiger partial charge in [-0.05, 0) is 67.6 Å². The van der Waals surface area contributed by atoms with Crippen LogP contribution in [0.25, 0.3) is 0 Å². The lowest BCUT2D eigenvalue weighted by Crippen LogP contribution is -2.43. The highest BCUT2D eigenvalue weighted by Crippen LogP contribution is 2.57. The monoisotopic (exact) mass is 269 g/mol. The van der Waals surface area contributed by atoms with Crippen molar-refractivity contribution in [3.63, 3.8) is 0 Å². The first-order chi connectivity index (χ1) is 9.67. The first kappa shape index (κ1) is 13.5. The quantitative estimate of drug-likeness (QED) is 0.816. The van der Waals surface area contributed by atoms with Gasteiger partial charge in [0.2, 0.25) is 0 Å². The number of nitriles is 1. The molecular formula is C18H23NO. The fourth-order valence-electron chi connectivity index (χ4n) is 4.17. The topological polar surface area (TPSA) is 33.0 Å². The van der Waals surface area contributed by atoms with E-state index >= 15 is 0 Å². The Kier molecular flexibility index (Phi) is 3.24. The summed E-state index contributed by atoms with van der Waals surface area (Å²) in [6.07, 6.45) is 7.78. The van der Waals surface area contributed by atoms with Crippen molar-refractivity contribution in [2.24, 2.45) is 5.41 Å². The third kappa shape index (κ3) is 1.92. The molecule has 1 aromatic carbocycles. The number of hydrogen-bond donors (Lipinski definition) is 0. The molecule has 0 amide bonds. The second-order valence-electron chi connectivity index (χ2n) is 6.55. The van der Waals surface area contributed by atoms with Crippen LogP contribution < -0.4 is 4.74 Å². The molecule has 3 fully saturated rings. The molecule has 0 aliphatic heterocycles. The fraction of sp³-hybridized carbons (Fsp3) is 0.611. The van der Waals surface area contributed by atoms with E-state index in [0.717, 1.165) is 31.4 Å². The smallest absolute Gasteiger partial charge is 0.122 e. The molecule has 2 heteroatoms. The molecule has 0 radical (unpaired) electrons. The van der Waals surface area contributed by atoms with Gasteiger partial charge in [0, 0.05) is 0 Å². The van der Waals surface area contributed by atoms with Gasteiger partial charge in [-0.2, -0.15) is 5.26 Å². The highest BCUT2D eigenvalue weighted by molar-refractivity contribution is 5.41. The predicted octanol–water partition coefficient (Wildman–Crippen LogP) is 4.37. The van der Waals surface area contributed by atoms with E-state index in [-0.39, 0.29) is 5.41 Å².